The molecule has 1 aliphatic rings. The Morgan fingerprint density at radius 2 is 2.35 bits per heavy atom. The van der Waals surface area contributed by atoms with Crippen LogP contribution in [0.5, 0.6) is 0 Å². The Morgan fingerprint density at radius 3 is 3.05 bits per heavy atom. The van der Waals surface area contributed by atoms with E-state index in [1.165, 1.54) is 12.5 Å². The molecule has 0 amide bonds. The first kappa shape index (κ1) is 15.1. The number of nitrogens with zero attached hydrogens (tertiary/aromatic N) is 2. The summed E-state index contributed by atoms with van der Waals surface area (Å²) in [6.07, 6.45) is 2.86. The number of benzene rings is 1. The number of hydrogen-bond donors (Lipinski definition) is 1. The molecule has 2 N–H and O–H groups in total. The fourth-order valence-electron chi connectivity index (χ4n) is 2.55. The second-order valence-electron chi connectivity index (χ2n) is 5.38. The lowest BCUT2D eigenvalue weighted by Crippen LogP contribution is -2.43. The summed E-state index contributed by atoms with van der Waals surface area (Å²) in [4.78, 5) is 6.46. The van der Waals surface area contributed by atoms with Crippen LogP contribution in [0, 0.1) is 11.7 Å². The summed E-state index contributed by atoms with van der Waals surface area (Å²) in [5.41, 5.74) is 6.51. The van der Waals surface area contributed by atoms with Crippen LogP contribution in [0.2, 0.25) is 5.02 Å². The molecule has 2 rings (SSSR count). The first-order valence-corrected chi connectivity index (χ1v) is 7.43. The summed E-state index contributed by atoms with van der Waals surface area (Å²) in [5.74, 6) is 0.931. The van der Waals surface area contributed by atoms with Gasteiger partial charge >= 0.3 is 0 Å². The van der Waals surface area contributed by atoms with E-state index in [0.29, 0.717) is 35.4 Å². The summed E-state index contributed by atoms with van der Waals surface area (Å²) >= 11 is 5.98. The van der Waals surface area contributed by atoms with E-state index in [1.807, 2.05) is 0 Å². The number of rotatable bonds is 3. The molecular formula is C15H21ClFN3. The van der Waals surface area contributed by atoms with Crippen LogP contribution in [0.25, 0.3) is 0 Å². The molecule has 1 saturated heterocycles. The van der Waals surface area contributed by atoms with Gasteiger partial charge in [0.1, 0.15) is 5.82 Å². The minimum Gasteiger partial charge on any atom is -0.370 e. The summed E-state index contributed by atoms with van der Waals surface area (Å²) in [6, 6.07) is 4.72. The molecule has 110 valence electrons. The van der Waals surface area contributed by atoms with Crippen LogP contribution in [-0.4, -0.2) is 30.5 Å². The monoisotopic (exact) mass is 297 g/mol. The second-order valence-corrected chi connectivity index (χ2v) is 5.79. The van der Waals surface area contributed by atoms with E-state index in [-0.39, 0.29) is 5.82 Å². The number of halogens is 2. The van der Waals surface area contributed by atoms with Crippen LogP contribution in [-0.2, 0) is 6.42 Å². The van der Waals surface area contributed by atoms with E-state index in [0.717, 1.165) is 19.5 Å². The number of likely N-dealkylation sites (tertiary alicyclic amines) is 1. The minimum absolute atomic E-state index is 0.280. The van der Waals surface area contributed by atoms with Crippen LogP contribution in [0.4, 0.5) is 4.39 Å². The van der Waals surface area contributed by atoms with Gasteiger partial charge < -0.3 is 10.6 Å². The Balaban J connectivity index is 1.92. The third-order valence-electron chi connectivity index (χ3n) is 3.68. The molecule has 1 aromatic carbocycles. The molecule has 0 saturated carbocycles. The average molecular weight is 298 g/mol. The normalized spacial score (nSPS) is 20.2. The van der Waals surface area contributed by atoms with Gasteiger partial charge in [0.05, 0.1) is 0 Å². The van der Waals surface area contributed by atoms with Crippen molar-refractivity contribution in [2.45, 2.75) is 26.2 Å². The summed E-state index contributed by atoms with van der Waals surface area (Å²) in [7, 11) is 0. The number of hydrogen-bond acceptors (Lipinski definition) is 1. The van der Waals surface area contributed by atoms with Gasteiger partial charge in [-0.15, -0.1) is 0 Å². The van der Waals surface area contributed by atoms with E-state index < -0.39 is 0 Å². The molecule has 0 aliphatic carbocycles. The molecule has 0 bridgehead atoms. The molecule has 1 unspecified atom stereocenters. The first-order valence-electron chi connectivity index (χ1n) is 7.05. The Kier molecular flexibility index (Phi) is 5.24. The van der Waals surface area contributed by atoms with E-state index in [9.17, 15) is 4.39 Å². The van der Waals surface area contributed by atoms with Crippen LogP contribution >= 0.6 is 11.6 Å². The van der Waals surface area contributed by atoms with Crippen molar-refractivity contribution in [3.05, 3.63) is 34.6 Å². The first-order chi connectivity index (χ1) is 9.58. The van der Waals surface area contributed by atoms with Crippen molar-refractivity contribution in [1.82, 2.24) is 4.90 Å². The van der Waals surface area contributed by atoms with Crippen molar-refractivity contribution in [1.29, 1.82) is 0 Å². The zero-order chi connectivity index (χ0) is 14.5. The SMILES string of the molecule is CC1CCCN(C(N)=NCCc2c(F)cccc2Cl)C1. The van der Waals surface area contributed by atoms with Crippen LogP contribution in [0.1, 0.15) is 25.3 Å². The molecule has 1 aromatic rings. The fraction of sp³-hybridized carbons (Fsp3) is 0.533. The molecule has 0 radical (unpaired) electrons. The van der Waals surface area contributed by atoms with E-state index in [1.54, 1.807) is 12.1 Å². The van der Waals surface area contributed by atoms with Gasteiger partial charge in [0, 0.05) is 30.2 Å². The highest BCUT2D eigenvalue weighted by Gasteiger charge is 2.17. The Bertz CT molecular complexity index is 470. The van der Waals surface area contributed by atoms with Gasteiger partial charge in [-0.05, 0) is 37.3 Å². The van der Waals surface area contributed by atoms with Gasteiger partial charge in [0.2, 0.25) is 0 Å². The van der Waals surface area contributed by atoms with Crippen molar-refractivity contribution in [2.75, 3.05) is 19.6 Å². The summed E-state index contributed by atoms with van der Waals surface area (Å²) in [5, 5.41) is 0.449. The smallest absolute Gasteiger partial charge is 0.191 e. The van der Waals surface area contributed by atoms with Gasteiger partial charge in [-0.1, -0.05) is 24.6 Å². The van der Waals surface area contributed by atoms with Gasteiger partial charge in [-0.2, -0.15) is 0 Å². The zero-order valence-corrected chi connectivity index (χ0v) is 12.5. The summed E-state index contributed by atoms with van der Waals surface area (Å²) < 4.78 is 13.6. The zero-order valence-electron chi connectivity index (χ0n) is 11.8. The molecule has 3 nitrogen and oxygen atoms in total. The van der Waals surface area contributed by atoms with Crippen molar-refractivity contribution >= 4 is 17.6 Å². The molecular weight excluding hydrogens is 277 g/mol. The predicted molar refractivity (Wildman–Crippen MR) is 81.6 cm³/mol. The average Bonchev–Trinajstić information content (AvgIpc) is 2.42. The van der Waals surface area contributed by atoms with Crippen LogP contribution in [0.3, 0.4) is 0 Å². The van der Waals surface area contributed by atoms with Gasteiger partial charge in [-0.3, -0.25) is 4.99 Å². The highest BCUT2D eigenvalue weighted by atomic mass is 35.5. The lowest BCUT2D eigenvalue weighted by Gasteiger charge is -2.31. The Labute approximate surface area is 124 Å². The lowest BCUT2D eigenvalue weighted by molar-refractivity contribution is 0.270. The van der Waals surface area contributed by atoms with Crippen molar-refractivity contribution in [3.63, 3.8) is 0 Å². The Hall–Kier alpha value is -1.29. The molecule has 1 heterocycles. The standard InChI is InChI=1S/C15H21ClFN3/c1-11-4-3-9-20(10-11)15(18)19-8-7-12-13(16)5-2-6-14(12)17/h2,5-6,11H,3-4,7-10H2,1H3,(H2,18,19). The molecule has 0 spiro atoms. The summed E-state index contributed by atoms with van der Waals surface area (Å²) in [6.45, 7) is 4.59. The number of guanidine groups is 1. The largest absolute Gasteiger partial charge is 0.370 e. The second kappa shape index (κ2) is 6.93. The van der Waals surface area contributed by atoms with Gasteiger partial charge in [-0.25, -0.2) is 4.39 Å². The van der Waals surface area contributed by atoms with E-state index in [2.05, 4.69) is 16.8 Å². The fourth-order valence-corrected chi connectivity index (χ4v) is 2.81. The molecule has 1 atom stereocenters. The molecule has 5 heteroatoms. The van der Waals surface area contributed by atoms with Crippen molar-refractivity contribution < 1.29 is 4.39 Å². The molecule has 20 heavy (non-hydrogen) atoms. The van der Waals surface area contributed by atoms with E-state index in [4.69, 9.17) is 17.3 Å². The third-order valence-corrected chi connectivity index (χ3v) is 4.03. The maximum atomic E-state index is 13.6. The number of aliphatic imine (C=N–C) groups is 1. The van der Waals surface area contributed by atoms with Crippen molar-refractivity contribution in [3.8, 4) is 0 Å². The maximum absolute atomic E-state index is 13.6. The minimum atomic E-state index is -0.280. The van der Waals surface area contributed by atoms with Crippen LogP contribution in [0.15, 0.2) is 23.2 Å². The third kappa shape index (κ3) is 3.85. The number of piperidine rings is 1. The van der Waals surface area contributed by atoms with E-state index >= 15 is 0 Å². The lowest BCUT2D eigenvalue weighted by atomic mass is 10.0. The Morgan fingerprint density at radius 1 is 1.55 bits per heavy atom. The van der Waals surface area contributed by atoms with Gasteiger partial charge in [0.15, 0.2) is 5.96 Å². The van der Waals surface area contributed by atoms with Gasteiger partial charge in [0.25, 0.3) is 0 Å². The highest BCUT2D eigenvalue weighted by molar-refractivity contribution is 6.31. The molecule has 1 fully saturated rings. The predicted octanol–water partition coefficient (Wildman–Crippen LogP) is 3.07. The maximum Gasteiger partial charge on any atom is 0.191 e. The highest BCUT2D eigenvalue weighted by Crippen LogP contribution is 2.19. The topological polar surface area (TPSA) is 41.6 Å². The quantitative estimate of drug-likeness (QED) is 0.688. The van der Waals surface area contributed by atoms with Crippen molar-refractivity contribution in [2.24, 2.45) is 16.6 Å². The van der Waals surface area contributed by atoms with Crippen LogP contribution < -0.4 is 5.73 Å². The number of nitrogens with two attached hydrogens (primary N) is 1. The molecule has 1 aliphatic heterocycles. The molecule has 0 aromatic heterocycles.